The molecule has 1 aromatic heterocycles. The van der Waals surface area contributed by atoms with Crippen LogP contribution in [0.1, 0.15) is 33.8 Å². The van der Waals surface area contributed by atoms with Gasteiger partial charge in [0.2, 0.25) is 0 Å². The Labute approximate surface area is 127 Å². The van der Waals surface area contributed by atoms with Gasteiger partial charge in [0.25, 0.3) is 0 Å². The molecule has 1 nitrogen and oxygen atoms in total. The zero-order valence-electron chi connectivity index (χ0n) is 11.0. The zero-order valence-corrected chi connectivity index (χ0v) is 13.9. The van der Waals surface area contributed by atoms with Gasteiger partial charge in [0.15, 0.2) is 0 Å². The molecule has 18 heavy (non-hydrogen) atoms. The molecule has 0 aliphatic heterocycles. The molecule has 0 amide bonds. The van der Waals surface area contributed by atoms with E-state index in [1.54, 1.807) is 0 Å². The number of hydrogen-bond acceptors (Lipinski definition) is 2. The first-order valence-corrected chi connectivity index (χ1v) is 8.07. The molecule has 0 saturated carbocycles. The zero-order chi connectivity index (χ0) is 13.1. The van der Waals surface area contributed by atoms with E-state index in [2.05, 4.69) is 79.0 Å². The van der Waals surface area contributed by atoms with Gasteiger partial charge in [0.05, 0.1) is 6.04 Å². The quantitative estimate of drug-likeness (QED) is 0.771. The van der Waals surface area contributed by atoms with Crippen LogP contribution in [0.3, 0.4) is 0 Å². The lowest BCUT2D eigenvalue weighted by Crippen LogP contribution is -2.22. The molecule has 0 bridgehead atoms. The van der Waals surface area contributed by atoms with Crippen molar-refractivity contribution in [3.8, 4) is 0 Å². The number of hydrogen-bond donors (Lipinski definition) is 1. The molecule has 96 valence electrons. The standard InChI is InChI=1S/C15H18INS/c1-4-17-15(13-9-8-11(3)18-13)12-7-5-6-10(2)14(12)16/h5-9,15,17H,4H2,1-3H3. The van der Waals surface area contributed by atoms with Crippen LogP contribution < -0.4 is 5.32 Å². The Morgan fingerprint density at radius 1 is 1.22 bits per heavy atom. The fourth-order valence-electron chi connectivity index (χ4n) is 2.07. The Bertz CT molecular complexity index is 533. The largest absolute Gasteiger partial charge is 0.306 e. The Balaban J connectivity index is 2.44. The lowest BCUT2D eigenvalue weighted by atomic mass is 10.0. The summed E-state index contributed by atoms with van der Waals surface area (Å²) in [7, 11) is 0. The lowest BCUT2D eigenvalue weighted by molar-refractivity contribution is 0.637. The van der Waals surface area contributed by atoms with E-state index in [1.807, 2.05) is 11.3 Å². The number of aryl methyl sites for hydroxylation is 2. The van der Waals surface area contributed by atoms with Crippen LogP contribution in [0.2, 0.25) is 0 Å². The fourth-order valence-corrected chi connectivity index (χ4v) is 3.71. The summed E-state index contributed by atoms with van der Waals surface area (Å²) in [6.45, 7) is 7.48. The second kappa shape index (κ2) is 6.17. The van der Waals surface area contributed by atoms with Crippen LogP contribution in [0.25, 0.3) is 0 Å². The topological polar surface area (TPSA) is 12.0 Å². The average molecular weight is 371 g/mol. The van der Waals surface area contributed by atoms with Crippen LogP contribution in [-0.4, -0.2) is 6.54 Å². The fraction of sp³-hybridized carbons (Fsp3) is 0.333. The van der Waals surface area contributed by atoms with E-state index in [1.165, 1.54) is 24.5 Å². The van der Waals surface area contributed by atoms with Crippen LogP contribution >= 0.6 is 33.9 Å². The Hall–Kier alpha value is -0.390. The molecule has 2 rings (SSSR count). The Morgan fingerprint density at radius 3 is 2.61 bits per heavy atom. The molecule has 0 aliphatic rings. The van der Waals surface area contributed by atoms with Gasteiger partial charge < -0.3 is 5.32 Å². The van der Waals surface area contributed by atoms with E-state index in [9.17, 15) is 0 Å². The molecule has 1 unspecified atom stereocenters. The number of benzene rings is 1. The smallest absolute Gasteiger partial charge is 0.0681 e. The first kappa shape index (κ1) is 14.0. The van der Waals surface area contributed by atoms with Gasteiger partial charge in [0.1, 0.15) is 0 Å². The maximum atomic E-state index is 3.60. The monoisotopic (exact) mass is 371 g/mol. The van der Waals surface area contributed by atoms with Crippen molar-refractivity contribution in [2.24, 2.45) is 0 Å². The summed E-state index contributed by atoms with van der Waals surface area (Å²) < 4.78 is 1.37. The van der Waals surface area contributed by atoms with Crippen molar-refractivity contribution in [1.82, 2.24) is 5.32 Å². The number of rotatable bonds is 4. The molecule has 3 heteroatoms. The highest BCUT2D eigenvalue weighted by Crippen LogP contribution is 2.31. The molecule has 1 N–H and O–H groups in total. The third-order valence-corrected chi connectivity index (χ3v) is 5.53. The molecule has 1 heterocycles. The maximum Gasteiger partial charge on any atom is 0.0681 e. The molecule has 1 aromatic carbocycles. The molecule has 0 aliphatic carbocycles. The summed E-state index contributed by atoms with van der Waals surface area (Å²) in [6.07, 6.45) is 0. The molecule has 2 aromatic rings. The summed E-state index contributed by atoms with van der Waals surface area (Å²) in [4.78, 5) is 2.77. The average Bonchev–Trinajstić information content (AvgIpc) is 2.77. The highest BCUT2D eigenvalue weighted by Gasteiger charge is 2.17. The first-order valence-electron chi connectivity index (χ1n) is 6.18. The summed E-state index contributed by atoms with van der Waals surface area (Å²) in [5, 5.41) is 3.60. The predicted molar refractivity (Wildman–Crippen MR) is 88.5 cm³/mol. The molecule has 0 fully saturated rings. The molecular weight excluding hydrogens is 353 g/mol. The molecule has 0 radical (unpaired) electrons. The molecule has 0 saturated heterocycles. The van der Waals surface area contributed by atoms with E-state index < -0.39 is 0 Å². The minimum atomic E-state index is 0.320. The van der Waals surface area contributed by atoms with Crippen LogP contribution in [-0.2, 0) is 0 Å². The summed E-state index contributed by atoms with van der Waals surface area (Å²) in [5.74, 6) is 0. The Morgan fingerprint density at radius 2 is 2.00 bits per heavy atom. The van der Waals surface area contributed by atoms with Gasteiger partial charge in [-0.1, -0.05) is 25.1 Å². The Kier molecular flexibility index (Phi) is 4.81. The second-order valence-electron chi connectivity index (χ2n) is 4.42. The van der Waals surface area contributed by atoms with Gasteiger partial charge in [-0.15, -0.1) is 11.3 Å². The second-order valence-corrected chi connectivity index (χ2v) is 6.82. The maximum absolute atomic E-state index is 3.60. The third-order valence-electron chi connectivity index (χ3n) is 2.99. The van der Waals surface area contributed by atoms with Crippen molar-refractivity contribution in [3.63, 3.8) is 0 Å². The van der Waals surface area contributed by atoms with Crippen LogP contribution in [0.5, 0.6) is 0 Å². The van der Waals surface area contributed by atoms with Crippen molar-refractivity contribution < 1.29 is 0 Å². The van der Waals surface area contributed by atoms with E-state index in [0.717, 1.165) is 6.54 Å². The number of halogens is 1. The van der Waals surface area contributed by atoms with Gasteiger partial charge >= 0.3 is 0 Å². The van der Waals surface area contributed by atoms with Crippen molar-refractivity contribution >= 4 is 33.9 Å². The predicted octanol–water partition coefficient (Wildman–Crippen LogP) is 4.67. The summed E-state index contributed by atoms with van der Waals surface area (Å²) in [6, 6.07) is 11.3. The van der Waals surface area contributed by atoms with E-state index >= 15 is 0 Å². The number of nitrogens with one attached hydrogen (secondary N) is 1. The summed E-state index contributed by atoms with van der Waals surface area (Å²) in [5.41, 5.74) is 2.74. The molecule has 0 spiro atoms. The molecule has 1 atom stereocenters. The highest BCUT2D eigenvalue weighted by atomic mass is 127. The minimum absolute atomic E-state index is 0.320. The molecular formula is C15H18INS. The van der Waals surface area contributed by atoms with E-state index in [4.69, 9.17) is 0 Å². The number of thiophene rings is 1. The van der Waals surface area contributed by atoms with Gasteiger partial charge in [-0.3, -0.25) is 0 Å². The van der Waals surface area contributed by atoms with E-state index in [-0.39, 0.29) is 0 Å². The third kappa shape index (κ3) is 2.95. The van der Waals surface area contributed by atoms with Crippen LogP contribution in [0.15, 0.2) is 30.3 Å². The highest BCUT2D eigenvalue weighted by molar-refractivity contribution is 14.1. The van der Waals surface area contributed by atoms with E-state index in [0.29, 0.717) is 6.04 Å². The lowest BCUT2D eigenvalue weighted by Gasteiger charge is -2.19. The van der Waals surface area contributed by atoms with Crippen molar-refractivity contribution in [2.45, 2.75) is 26.8 Å². The van der Waals surface area contributed by atoms with Crippen LogP contribution in [0, 0.1) is 17.4 Å². The van der Waals surface area contributed by atoms with Crippen LogP contribution in [0.4, 0.5) is 0 Å². The van der Waals surface area contributed by atoms with Gasteiger partial charge in [0, 0.05) is 13.3 Å². The summed E-state index contributed by atoms with van der Waals surface area (Å²) >= 11 is 4.34. The SMILES string of the molecule is CCNC(c1ccc(C)s1)c1cccc(C)c1I. The van der Waals surface area contributed by atoms with Crippen molar-refractivity contribution in [2.75, 3.05) is 6.54 Å². The van der Waals surface area contributed by atoms with Gasteiger partial charge in [-0.05, 0) is 66.2 Å². The normalized spacial score (nSPS) is 12.7. The van der Waals surface area contributed by atoms with Crippen molar-refractivity contribution in [1.29, 1.82) is 0 Å². The van der Waals surface area contributed by atoms with Gasteiger partial charge in [-0.2, -0.15) is 0 Å². The van der Waals surface area contributed by atoms with Crippen molar-refractivity contribution in [3.05, 3.63) is 54.8 Å². The first-order chi connectivity index (χ1) is 8.63. The van der Waals surface area contributed by atoms with Gasteiger partial charge in [-0.25, -0.2) is 0 Å². The minimum Gasteiger partial charge on any atom is -0.306 e.